The van der Waals surface area contributed by atoms with E-state index in [1.807, 2.05) is 0 Å². The van der Waals surface area contributed by atoms with Gasteiger partial charge in [0.05, 0.1) is 13.4 Å². The summed E-state index contributed by atoms with van der Waals surface area (Å²) in [6.45, 7) is 1.29. The number of esters is 1. The fourth-order valence-electron chi connectivity index (χ4n) is 1.72. The Balaban J connectivity index is 2.91. The van der Waals surface area contributed by atoms with Crippen LogP contribution in [0.4, 0.5) is 0 Å². The number of ether oxygens (including phenoxy) is 1. The van der Waals surface area contributed by atoms with Gasteiger partial charge in [-0.15, -0.1) is 0 Å². The van der Waals surface area contributed by atoms with Crippen molar-refractivity contribution in [2.75, 3.05) is 13.4 Å². The van der Waals surface area contributed by atoms with Gasteiger partial charge in [0.15, 0.2) is 0 Å². The van der Waals surface area contributed by atoms with Gasteiger partial charge < -0.3 is 14.2 Å². The Kier molecular flexibility index (Phi) is 5.71. The van der Waals surface area contributed by atoms with Crippen molar-refractivity contribution in [3.05, 3.63) is 29.8 Å². The number of nitrogens with one attached hydrogen (secondary N) is 1. The molecule has 0 saturated heterocycles. The van der Waals surface area contributed by atoms with Gasteiger partial charge in [-0.25, -0.2) is 4.79 Å². The van der Waals surface area contributed by atoms with Crippen molar-refractivity contribution < 1.29 is 26.9 Å². The van der Waals surface area contributed by atoms with E-state index in [2.05, 4.69) is 10.1 Å². The number of methoxy groups -OCH3 is 1. The summed E-state index contributed by atoms with van der Waals surface area (Å²) in [6, 6.07) is 5.40. The van der Waals surface area contributed by atoms with E-state index in [4.69, 9.17) is 4.18 Å². The molecule has 1 amide bonds. The molecular weight excluding hydrogens is 298 g/mol. The number of hydrogen-bond acceptors (Lipinski definition) is 6. The highest BCUT2D eigenvalue weighted by Gasteiger charge is 2.20. The zero-order chi connectivity index (χ0) is 16.0. The van der Waals surface area contributed by atoms with Gasteiger partial charge in [-0.2, -0.15) is 8.42 Å². The predicted octanol–water partition coefficient (Wildman–Crippen LogP) is 0.245. The van der Waals surface area contributed by atoms with Crippen molar-refractivity contribution in [2.45, 2.75) is 19.4 Å². The van der Waals surface area contributed by atoms with Crippen LogP contribution in [0.3, 0.4) is 0 Å². The molecule has 0 spiro atoms. The van der Waals surface area contributed by atoms with Crippen LogP contribution in [0.2, 0.25) is 0 Å². The molecule has 0 aromatic heterocycles. The first-order valence-corrected chi connectivity index (χ1v) is 7.86. The largest absolute Gasteiger partial charge is 0.467 e. The minimum Gasteiger partial charge on any atom is -0.467 e. The van der Waals surface area contributed by atoms with Gasteiger partial charge in [0.1, 0.15) is 11.8 Å². The van der Waals surface area contributed by atoms with Crippen LogP contribution in [0.5, 0.6) is 5.75 Å². The Morgan fingerprint density at radius 3 is 2.52 bits per heavy atom. The summed E-state index contributed by atoms with van der Waals surface area (Å²) in [5.74, 6) is -0.810. The van der Waals surface area contributed by atoms with Gasteiger partial charge in [0, 0.05) is 13.3 Å². The van der Waals surface area contributed by atoms with E-state index in [0.717, 1.165) is 6.26 Å². The number of hydrogen-bond donors (Lipinski definition) is 1. The topological polar surface area (TPSA) is 98.8 Å². The molecule has 0 aliphatic rings. The fourth-order valence-corrected chi connectivity index (χ4v) is 2.17. The highest BCUT2D eigenvalue weighted by Crippen LogP contribution is 2.16. The molecule has 116 valence electrons. The van der Waals surface area contributed by atoms with Crippen LogP contribution in [-0.4, -0.2) is 39.7 Å². The van der Waals surface area contributed by atoms with E-state index >= 15 is 0 Å². The maximum atomic E-state index is 11.6. The average Bonchev–Trinajstić information content (AvgIpc) is 2.35. The first kappa shape index (κ1) is 17.0. The van der Waals surface area contributed by atoms with Crippen LogP contribution in [0.25, 0.3) is 0 Å². The predicted molar refractivity (Wildman–Crippen MR) is 75.2 cm³/mol. The van der Waals surface area contributed by atoms with Gasteiger partial charge in [-0.05, 0) is 17.7 Å². The molecule has 21 heavy (non-hydrogen) atoms. The molecule has 0 saturated carbocycles. The van der Waals surface area contributed by atoms with E-state index in [0.29, 0.717) is 5.56 Å². The van der Waals surface area contributed by atoms with Crippen LogP contribution >= 0.6 is 0 Å². The number of rotatable bonds is 6. The van der Waals surface area contributed by atoms with Crippen molar-refractivity contribution in [3.63, 3.8) is 0 Å². The summed E-state index contributed by atoms with van der Waals surface area (Å²) in [4.78, 5) is 22.7. The SMILES string of the molecule is COC(=O)[C@H](Cc1cccc(OS(C)(=O)=O)c1)NC(C)=O. The van der Waals surface area contributed by atoms with E-state index in [-0.39, 0.29) is 18.1 Å². The lowest BCUT2D eigenvalue weighted by Gasteiger charge is -2.15. The van der Waals surface area contributed by atoms with Crippen molar-refractivity contribution in [1.82, 2.24) is 5.32 Å². The summed E-state index contributed by atoms with van der Waals surface area (Å²) >= 11 is 0. The minimum atomic E-state index is -3.62. The molecule has 0 radical (unpaired) electrons. The van der Waals surface area contributed by atoms with Crippen LogP contribution in [0.1, 0.15) is 12.5 Å². The second-order valence-corrected chi connectivity index (χ2v) is 5.99. The molecule has 8 heteroatoms. The Labute approximate surface area is 123 Å². The molecule has 1 rings (SSSR count). The highest BCUT2D eigenvalue weighted by molar-refractivity contribution is 7.86. The van der Waals surface area contributed by atoms with Crippen molar-refractivity contribution in [2.24, 2.45) is 0 Å². The molecule has 1 aromatic rings. The quantitative estimate of drug-likeness (QED) is 0.596. The first-order valence-electron chi connectivity index (χ1n) is 6.04. The molecule has 0 heterocycles. The number of carbonyl (C=O) groups excluding carboxylic acids is 2. The summed E-state index contributed by atoms with van der Waals surface area (Å²) in [5.41, 5.74) is 0.625. The highest BCUT2D eigenvalue weighted by atomic mass is 32.2. The third-order valence-electron chi connectivity index (χ3n) is 2.45. The van der Waals surface area contributed by atoms with Crippen molar-refractivity contribution in [3.8, 4) is 5.75 Å². The van der Waals surface area contributed by atoms with Crippen LogP contribution in [0.15, 0.2) is 24.3 Å². The molecule has 0 fully saturated rings. The lowest BCUT2D eigenvalue weighted by molar-refractivity contribution is -0.144. The van der Waals surface area contributed by atoms with Gasteiger partial charge >= 0.3 is 16.1 Å². The summed E-state index contributed by atoms with van der Waals surface area (Å²) in [7, 11) is -2.40. The zero-order valence-corrected chi connectivity index (χ0v) is 12.8. The molecule has 0 aliphatic carbocycles. The van der Waals surface area contributed by atoms with Gasteiger partial charge in [-0.3, -0.25) is 4.79 Å². The van der Waals surface area contributed by atoms with Crippen LogP contribution < -0.4 is 9.50 Å². The number of amides is 1. The number of benzene rings is 1. The maximum absolute atomic E-state index is 11.6. The molecule has 0 aliphatic heterocycles. The molecule has 0 bridgehead atoms. The fraction of sp³-hybridized carbons (Fsp3) is 0.385. The van der Waals surface area contributed by atoms with Crippen molar-refractivity contribution >= 4 is 22.0 Å². The van der Waals surface area contributed by atoms with E-state index in [1.165, 1.54) is 26.2 Å². The minimum absolute atomic E-state index is 0.140. The second kappa shape index (κ2) is 7.07. The summed E-state index contributed by atoms with van der Waals surface area (Å²) < 4.78 is 31.5. The Hall–Kier alpha value is -2.09. The monoisotopic (exact) mass is 315 g/mol. The third-order valence-corrected chi connectivity index (χ3v) is 2.94. The Morgan fingerprint density at radius 1 is 1.33 bits per heavy atom. The summed E-state index contributed by atoms with van der Waals surface area (Å²) in [6.07, 6.45) is 1.10. The second-order valence-electron chi connectivity index (χ2n) is 4.42. The van der Waals surface area contributed by atoms with Gasteiger partial charge in [-0.1, -0.05) is 12.1 Å². The zero-order valence-electron chi connectivity index (χ0n) is 12.0. The summed E-state index contributed by atoms with van der Waals surface area (Å²) in [5, 5.41) is 2.47. The van der Waals surface area contributed by atoms with Gasteiger partial charge in [0.2, 0.25) is 5.91 Å². The van der Waals surface area contributed by atoms with Crippen LogP contribution in [0, 0.1) is 0 Å². The molecule has 1 atom stereocenters. The smallest absolute Gasteiger partial charge is 0.328 e. The normalized spacial score (nSPS) is 12.3. The van der Waals surface area contributed by atoms with Crippen molar-refractivity contribution in [1.29, 1.82) is 0 Å². The Morgan fingerprint density at radius 2 is 2.00 bits per heavy atom. The molecule has 1 aromatic carbocycles. The number of carbonyl (C=O) groups is 2. The van der Waals surface area contributed by atoms with Gasteiger partial charge in [0.25, 0.3) is 0 Å². The lowest BCUT2D eigenvalue weighted by Crippen LogP contribution is -2.41. The van der Waals surface area contributed by atoms with Crippen LogP contribution in [-0.2, 0) is 30.9 Å². The van der Waals surface area contributed by atoms with E-state index < -0.39 is 22.1 Å². The molecular formula is C13H17NO6S. The third kappa shape index (κ3) is 6.26. The average molecular weight is 315 g/mol. The standard InChI is InChI=1S/C13H17NO6S/c1-9(15)14-12(13(16)19-2)8-10-5-4-6-11(7-10)20-21(3,17)18/h4-7,12H,8H2,1-3H3,(H,14,15)/t12-/m0/s1. The molecule has 1 N–H and O–H groups in total. The lowest BCUT2D eigenvalue weighted by atomic mass is 10.1. The Bertz CT molecular complexity index is 625. The first-order chi connectivity index (χ1) is 9.71. The maximum Gasteiger partial charge on any atom is 0.328 e. The molecule has 7 nitrogen and oxygen atoms in total. The molecule has 0 unspecified atom stereocenters. The van der Waals surface area contributed by atoms with E-state index in [1.54, 1.807) is 12.1 Å². The van der Waals surface area contributed by atoms with E-state index in [9.17, 15) is 18.0 Å².